The van der Waals surface area contributed by atoms with Crippen LogP contribution in [0.1, 0.15) is 35.3 Å². The van der Waals surface area contributed by atoms with Crippen LogP contribution in [0.2, 0.25) is 5.02 Å². The number of ether oxygens (including phenoxy) is 1. The Balaban J connectivity index is 1.97. The third kappa shape index (κ3) is 5.77. The molecule has 0 saturated carbocycles. The first-order valence-electron chi connectivity index (χ1n) is 8.05. The predicted octanol–water partition coefficient (Wildman–Crippen LogP) is 4.23. The van der Waals surface area contributed by atoms with Crippen LogP contribution in [0.5, 0.6) is 5.75 Å². The van der Waals surface area contributed by atoms with E-state index in [1.54, 1.807) is 12.1 Å². The zero-order valence-corrected chi connectivity index (χ0v) is 16.6. The molecule has 0 fully saturated rings. The molecule has 1 aromatic heterocycles. The van der Waals surface area contributed by atoms with Crippen LogP contribution < -0.4 is 10.1 Å². The molecule has 1 N–H and O–H groups in total. The third-order valence-electron chi connectivity index (χ3n) is 3.52. The van der Waals surface area contributed by atoms with Gasteiger partial charge in [-0.15, -0.1) is 11.3 Å². The quantitative estimate of drug-likeness (QED) is 0.418. The van der Waals surface area contributed by atoms with E-state index in [1.807, 2.05) is 20.8 Å². The summed E-state index contributed by atoms with van der Waals surface area (Å²) in [4.78, 5) is 35.9. The number of nitrogens with zero attached hydrogens (tertiary/aromatic N) is 1. The molecule has 2 rings (SSSR count). The lowest BCUT2D eigenvalue weighted by atomic mass is 9.96. The molecular weight excluding hydrogens is 392 g/mol. The Bertz CT molecular complexity index is 873. The van der Waals surface area contributed by atoms with Gasteiger partial charge in [0.05, 0.1) is 16.3 Å². The summed E-state index contributed by atoms with van der Waals surface area (Å²) in [5.41, 5.74) is -0.788. The van der Waals surface area contributed by atoms with Crippen LogP contribution in [0.25, 0.3) is 0 Å². The van der Waals surface area contributed by atoms with Crippen molar-refractivity contribution < 1.29 is 19.2 Å². The molecule has 7 nitrogen and oxygen atoms in total. The zero-order chi connectivity index (χ0) is 20.2. The number of carbonyl (C=O) groups excluding carboxylic acids is 2. The molecule has 0 radical (unpaired) electrons. The molecule has 1 aromatic carbocycles. The van der Waals surface area contributed by atoms with Gasteiger partial charge in [-0.2, -0.15) is 0 Å². The van der Waals surface area contributed by atoms with Gasteiger partial charge in [-0.05, 0) is 24.3 Å². The van der Waals surface area contributed by atoms with Gasteiger partial charge in [-0.25, -0.2) is 0 Å². The molecule has 0 spiro atoms. The molecule has 0 aliphatic heterocycles. The summed E-state index contributed by atoms with van der Waals surface area (Å²) in [6.07, 6.45) is 0. The number of nitro groups is 1. The molecular formula is C18H19ClN2O5S. The fraction of sp³-hybridized carbons (Fsp3) is 0.333. The number of halogens is 1. The van der Waals surface area contributed by atoms with Crippen LogP contribution in [-0.4, -0.2) is 23.2 Å². The fourth-order valence-electron chi connectivity index (χ4n) is 2.03. The van der Waals surface area contributed by atoms with Crippen LogP contribution in [-0.2, 0) is 11.3 Å². The second-order valence-corrected chi connectivity index (χ2v) is 8.38. The SMILES string of the molecule is CC(C)(C)C(=O)NCc1ccc(C(=O)COc2ccc(Cl)cc2[N+](=O)[O-])s1. The molecule has 0 aliphatic rings. The van der Waals surface area contributed by atoms with Gasteiger partial charge in [-0.1, -0.05) is 32.4 Å². The van der Waals surface area contributed by atoms with E-state index in [4.69, 9.17) is 16.3 Å². The van der Waals surface area contributed by atoms with Crippen molar-refractivity contribution in [1.29, 1.82) is 0 Å². The van der Waals surface area contributed by atoms with E-state index in [2.05, 4.69) is 5.32 Å². The van der Waals surface area contributed by atoms with E-state index in [-0.39, 0.29) is 34.8 Å². The van der Waals surface area contributed by atoms with Crippen molar-refractivity contribution in [1.82, 2.24) is 5.32 Å². The van der Waals surface area contributed by atoms with Crippen LogP contribution in [0.4, 0.5) is 5.69 Å². The van der Waals surface area contributed by atoms with Crippen LogP contribution in [0, 0.1) is 15.5 Å². The average molecular weight is 411 g/mol. The molecule has 0 unspecified atom stereocenters. The van der Waals surface area contributed by atoms with Gasteiger partial charge in [0.15, 0.2) is 12.4 Å². The van der Waals surface area contributed by atoms with Gasteiger partial charge in [0.25, 0.3) is 0 Å². The van der Waals surface area contributed by atoms with Crippen molar-refractivity contribution in [3.8, 4) is 5.75 Å². The predicted molar refractivity (Wildman–Crippen MR) is 104 cm³/mol. The second kappa shape index (κ2) is 8.49. The monoisotopic (exact) mass is 410 g/mol. The van der Waals surface area contributed by atoms with Crippen LogP contribution in [0.15, 0.2) is 30.3 Å². The average Bonchev–Trinajstić information content (AvgIpc) is 3.06. The van der Waals surface area contributed by atoms with E-state index in [1.165, 1.54) is 29.5 Å². The number of rotatable bonds is 7. The molecule has 0 atom stereocenters. The topological polar surface area (TPSA) is 98.5 Å². The highest BCUT2D eigenvalue weighted by Gasteiger charge is 2.21. The van der Waals surface area contributed by atoms with Gasteiger partial charge in [-0.3, -0.25) is 19.7 Å². The molecule has 0 aliphatic carbocycles. The molecule has 1 amide bonds. The van der Waals surface area contributed by atoms with E-state index in [9.17, 15) is 19.7 Å². The highest BCUT2D eigenvalue weighted by Crippen LogP contribution is 2.30. The van der Waals surface area contributed by atoms with Crippen molar-refractivity contribution in [2.75, 3.05) is 6.61 Å². The molecule has 144 valence electrons. The number of nitrogens with one attached hydrogen (secondary N) is 1. The maximum absolute atomic E-state index is 12.3. The van der Waals surface area contributed by atoms with Gasteiger partial charge in [0.2, 0.25) is 11.7 Å². The summed E-state index contributed by atoms with van der Waals surface area (Å²) in [6, 6.07) is 7.38. The lowest BCUT2D eigenvalue weighted by Gasteiger charge is -2.17. The summed E-state index contributed by atoms with van der Waals surface area (Å²) in [5.74, 6) is -0.410. The number of thiophene rings is 1. The summed E-state index contributed by atoms with van der Waals surface area (Å²) in [5, 5.41) is 14.1. The first-order chi connectivity index (χ1) is 12.6. The van der Waals surface area contributed by atoms with Crippen molar-refractivity contribution >= 4 is 40.3 Å². The van der Waals surface area contributed by atoms with Crippen LogP contribution >= 0.6 is 22.9 Å². The van der Waals surface area contributed by atoms with Crippen molar-refractivity contribution in [3.63, 3.8) is 0 Å². The van der Waals surface area contributed by atoms with E-state index in [0.717, 1.165) is 4.88 Å². The minimum Gasteiger partial charge on any atom is -0.478 e. The standard InChI is InChI=1S/C18H19ClN2O5S/c1-18(2,3)17(23)20-9-12-5-7-16(27-12)14(22)10-26-15-6-4-11(19)8-13(15)21(24)25/h4-8H,9-10H2,1-3H3,(H,20,23). The number of benzene rings is 1. The summed E-state index contributed by atoms with van der Waals surface area (Å²) < 4.78 is 5.31. The maximum Gasteiger partial charge on any atom is 0.312 e. The Kier molecular flexibility index (Phi) is 6.56. The third-order valence-corrected chi connectivity index (χ3v) is 4.88. The smallest absolute Gasteiger partial charge is 0.312 e. The van der Waals surface area contributed by atoms with Crippen molar-refractivity contribution in [2.24, 2.45) is 5.41 Å². The molecule has 9 heteroatoms. The van der Waals surface area contributed by atoms with Gasteiger partial charge in [0.1, 0.15) is 0 Å². The minimum atomic E-state index is -0.618. The Morgan fingerprint density at radius 1 is 1.26 bits per heavy atom. The number of hydrogen-bond acceptors (Lipinski definition) is 6. The van der Waals surface area contributed by atoms with Crippen molar-refractivity contribution in [2.45, 2.75) is 27.3 Å². The molecule has 0 saturated heterocycles. The number of ketones is 1. The minimum absolute atomic E-state index is 0.0213. The Morgan fingerprint density at radius 3 is 2.59 bits per heavy atom. The van der Waals surface area contributed by atoms with Gasteiger partial charge >= 0.3 is 5.69 Å². The van der Waals surface area contributed by atoms with Gasteiger partial charge in [0, 0.05) is 21.4 Å². The molecule has 2 aromatic rings. The first-order valence-corrected chi connectivity index (χ1v) is 9.24. The highest BCUT2D eigenvalue weighted by atomic mass is 35.5. The van der Waals surface area contributed by atoms with Crippen LogP contribution in [0.3, 0.4) is 0 Å². The number of hydrogen-bond donors (Lipinski definition) is 1. The molecule has 1 heterocycles. The second-order valence-electron chi connectivity index (χ2n) is 6.78. The first kappa shape index (κ1) is 20.9. The lowest BCUT2D eigenvalue weighted by Crippen LogP contribution is -2.34. The normalized spacial score (nSPS) is 11.1. The Labute approximate surface area is 165 Å². The Hall–Kier alpha value is -2.45. The van der Waals surface area contributed by atoms with Crippen molar-refractivity contribution in [3.05, 3.63) is 55.2 Å². The summed E-state index contributed by atoms with van der Waals surface area (Å²) in [7, 11) is 0. The molecule has 27 heavy (non-hydrogen) atoms. The summed E-state index contributed by atoms with van der Waals surface area (Å²) in [6.45, 7) is 5.45. The van der Waals surface area contributed by atoms with E-state index >= 15 is 0 Å². The lowest BCUT2D eigenvalue weighted by molar-refractivity contribution is -0.385. The number of amides is 1. The Morgan fingerprint density at radius 2 is 1.96 bits per heavy atom. The fourth-order valence-corrected chi connectivity index (χ4v) is 3.06. The number of nitro benzene ring substituents is 1. The molecule has 0 bridgehead atoms. The number of Topliss-reactive ketones (excluding diaryl/α,β-unsaturated/α-hetero) is 1. The zero-order valence-electron chi connectivity index (χ0n) is 15.1. The van der Waals surface area contributed by atoms with E-state index in [0.29, 0.717) is 11.4 Å². The largest absolute Gasteiger partial charge is 0.478 e. The van der Waals surface area contributed by atoms with E-state index < -0.39 is 10.3 Å². The summed E-state index contributed by atoms with van der Waals surface area (Å²) >= 11 is 6.99. The number of carbonyl (C=O) groups is 2. The highest BCUT2D eigenvalue weighted by molar-refractivity contribution is 7.14. The maximum atomic E-state index is 12.3. The van der Waals surface area contributed by atoms with Gasteiger partial charge < -0.3 is 10.1 Å².